The predicted molar refractivity (Wildman–Crippen MR) is 121 cm³/mol. The third-order valence-electron chi connectivity index (χ3n) is 6.55. The first-order valence-electron chi connectivity index (χ1n) is 10.9. The number of thiophene rings is 1. The molecule has 6 heteroatoms. The molecule has 0 bridgehead atoms. The SMILES string of the molecule is CC(=O)N1CCN(C(=O)CCN2CCc3sccc3[C@@H]2c2ccccc2C)C[C@H]1C. The van der Waals surface area contributed by atoms with Crippen LogP contribution in [-0.4, -0.2) is 65.3 Å². The molecule has 0 spiro atoms. The fourth-order valence-corrected chi connectivity index (χ4v) is 5.82. The molecule has 2 aromatic rings. The summed E-state index contributed by atoms with van der Waals surface area (Å²) in [6, 6.07) is 11.2. The van der Waals surface area contributed by atoms with Gasteiger partial charge in [-0.1, -0.05) is 24.3 Å². The molecule has 1 aromatic carbocycles. The maximum absolute atomic E-state index is 13.0. The highest BCUT2D eigenvalue weighted by molar-refractivity contribution is 7.10. The maximum Gasteiger partial charge on any atom is 0.223 e. The minimum Gasteiger partial charge on any atom is -0.339 e. The Morgan fingerprint density at radius 2 is 1.90 bits per heavy atom. The van der Waals surface area contributed by atoms with Crippen molar-refractivity contribution < 1.29 is 9.59 Å². The number of nitrogens with zero attached hydrogens (tertiary/aromatic N) is 3. The molecule has 0 unspecified atom stereocenters. The van der Waals surface area contributed by atoms with Gasteiger partial charge in [-0.2, -0.15) is 0 Å². The molecular weight excluding hydrogens is 394 g/mol. The highest BCUT2D eigenvalue weighted by atomic mass is 32.1. The largest absolute Gasteiger partial charge is 0.339 e. The Labute approximate surface area is 183 Å². The van der Waals surface area contributed by atoms with Gasteiger partial charge in [-0.15, -0.1) is 11.3 Å². The number of benzene rings is 1. The number of fused-ring (bicyclic) bond motifs is 1. The van der Waals surface area contributed by atoms with Gasteiger partial charge in [0.25, 0.3) is 0 Å². The minimum atomic E-state index is 0.0864. The smallest absolute Gasteiger partial charge is 0.223 e. The summed E-state index contributed by atoms with van der Waals surface area (Å²) in [6.07, 6.45) is 1.58. The van der Waals surface area contributed by atoms with Crippen LogP contribution in [0.3, 0.4) is 0 Å². The molecule has 1 saturated heterocycles. The van der Waals surface area contributed by atoms with Crippen molar-refractivity contribution >= 4 is 23.2 Å². The van der Waals surface area contributed by atoms with Gasteiger partial charge in [-0.3, -0.25) is 14.5 Å². The number of rotatable bonds is 4. The van der Waals surface area contributed by atoms with Gasteiger partial charge in [0.05, 0.1) is 6.04 Å². The van der Waals surface area contributed by atoms with Gasteiger partial charge in [0.15, 0.2) is 0 Å². The molecule has 30 heavy (non-hydrogen) atoms. The van der Waals surface area contributed by atoms with Crippen LogP contribution in [0.15, 0.2) is 35.7 Å². The van der Waals surface area contributed by atoms with Crippen molar-refractivity contribution in [1.29, 1.82) is 0 Å². The zero-order valence-corrected chi connectivity index (χ0v) is 19.0. The molecule has 0 saturated carbocycles. The molecule has 4 rings (SSSR count). The van der Waals surface area contributed by atoms with E-state index in [1.807, 2.05) is 28.1 Å². The summed E-state index contributed by atoms with van der Waals surface area (Å²) >= 11 is 1.85. The van der Waals surface area contributed by atoms with Gasteiger partial charge >= 0.3 is 0 Å². The van der Waals surface area contributed by atoms with E-state index in [1.54, 1.807) is 6.92 Å². The lowest BCUT2D eigenvalue weighted by Crippen LogP contribution is -2.55. The van der Waals surface area contributed by atoms with Crippen LogP contribution < -0.4 is 0 Å². The van der Waals surface area contributed by atoms with Crippen molar-refractivity contribution in [3.8, 4) is 0 Å². The zero-order chi connectivity index (χ0) is 21.3. The molecule has 2 aliphatic rings. The van der Waals surface area contributed by atoms with Crippen molar-refractivity contribution in [1.82, 2.24) is 14.7 Å². The number of piperazine rings is 1. The van der Waals surface area contributed by atoms with Crippen molar-refractivity contribution in [3.63, 3.8) is 0 Å². The monoisotopic (exact) mass is 425 g/mol. The van der Waals surface area contributed by atoms with Crippen LogP contribution >= 0.6 is 11.3 Å². The Morgan fingerprint density at radius 3 is 2.63 bits per heavy atom. The molecular formula is C24H31N3O2S. The third kappa shape index (κ3) is 4.16. The first-order valence-corrected chi connectivity index (χ1v) is 11.7. The van der Waals surface area contributed by atoms with E-state index in [9.17, 15) is 9.59 Å². The Hall–Kier alpha value is -2.18. The lowest BCUT2D eigenvalue weighted by molar-refractivity contribution is -0.141. The molecule has 0 radical (unpaired) electrons. The summed E-state index contributed by atoms with van der Waals surface area (Å²) in [5.41, 5.74) is 4.04. The Kier molecular flexibility index (Phi) is 6.25. The van der Waals surface area contributed by atoms with E-state index < -0.39 is 0 Å². The molecule has 160 valence electrons. The number of hydrogen-bond acceptors (Lipinski definition) is 4. The van der Waals surface area contributed by atoms with Crippen molar-refractivity contribution in [2.45, 2.75) is 45.7 Å². The number of aryl methyl sites for hydroxylation is 1. The van der Waals surface area contributed by atoms with Gasteiger partial charge in [0.1, 0.15) is 0 Å². The predicted octanol–water partition coefficient (Wildman–Crippen LogP) is 3.47. The standard InChI is InChI=1S/C24H31N3O2S/c1-17-6-4-5-7-20(17)24-21-10-15-30-22(21)8-11-25(24)12-9-23(29)26-13-14-27(19(3)28)18(2)16-26/h4-7,10,15,18,24H,8-9,11-14,16H2,1-3H3/t18-,24+/m1/s1. The second kappa shape index (κ2) is 8.90. The highest BCUT2D eigenvalue weighted by Crippen LogP contribution is 2.38. The van der Waals surface area contributed by atoms with Gasteiger partial charge in [0.2, 0.25) is 11.8 Å². The first-order chi connectivity index (χ1) is 14.5. The second-order valence-electron chi connectivity index (χ2n) is 8.50. The molecule has 2 atom stereocenters. The average Bonchev–Trinajstić information content (AvgIpc) is 3.20. The Balaban J connectivity index is 1.45. The van der Waals surface area contributed by atoms with E-state index in [0.717, 1.165) is 19.5 Å². The summed E-state index contributed by atoms with van der Waals surface area (Å²) < 4.78 is 0. The van der Waals surface area contributed by atoms with Crippen molar-refractivity contribution in [2.75, 3.05) is 32.7 Å². The molecule has 0 N–H and O–H groups in total. The lowest BCUT2D eigenvalue weighted by Gasteiger charge is -2.40. The highest BCUT2D eigenvalue weighted by Gasteiger charge is 2.32. The third-order valence-corrected chi connectivity index (χ3v) is 7.54. The fraction of sp³-hybridized carbons (Fsp3) is 0.500. The summed E-state index contributed by atoms with van der Waals surface area (Å²) in [5, 5.41) is 2.19. The summed E-state index contributed by atoms with van der Waals surface area (Å²) in [6.45, 7) is 9.45. The average molecular weight is 426 g/mol. The quantitative estimate of drug-likeness (QED) is 0.753. The van der Waals surface area contributed by atoms with Crippen LogP contribution in [0.2, 0.25) is 0 Å². The molecule has 2 amide bonds. The minimum absolute atomic E-state index is 0.0864. The second-order valence-corrected chi connectivity index (χ2v) is 9.50. The lowest BCUT2D eigenvalue weighted by atomic mass is 9.90. The first kappa shape index (κ1) is 21.1. The van der Waals surface area contributed by atoms with E-state index in [-0.39, 0.29) is 23.9 Å². The number of hydrogen-bond donors (Lipinski definition) is 0. The Morgan fingerprint density at radius 1 is 1.10 bits per heavy atom. The van der Waals surface area contributed by atoms with Crippen molar-refractivity contribution in [2.24, 2.45) is 0 Å². The van der Waals surface area contributed by atoms with Crippen LogP contribution in [0, 0.1) is 6.92 Å². The topological polar surface area (TPSA) is 43.9 Å². The molecule has 1 fully saturated rings. The normalized spacial score (nSPS) is 22.1. The molecule has 0 aliphatic carbocycles. The van der Waals surface area contributed by atoms with Crippen LogP contribution in [0.4, 0.5) is 0 Å². The summed E-state index contributed by atoms with van der Waals surface area (Å²) in [5.74, 6) is 0.292. The van der Waals surface area contributed by atoms with E-state index in [1.165, 1.54) is 21.6 Å². The van der Waals surface area contributed by atoms with Gasteiger partial charge in [0, 0.05) is 57.0 Å². The Bertz CT molecular complexity index is 925. The summed E-state index contributed by atoms with van der Waals surface area (Å²) in [7, 11) is 0. The van der Waals surface area contributed by atoms with Gasteiger partial charge < -0.3 is 9.80 Å². The molecule has 1 aromatic heterocycles. The van der Waals surface area contributed by atoms with E-state index >= 15 is 0 Å². The number of carbonyl (C=O) groups excluding carboxylic acids is 2. The van der Waals surface area contributed by atoms with Crippen LogP contribution in [0.1, 0.15) is 47.9 Å². The molecule has 3 heterocycles. The van der Waals surface area contributed by atoms with Crippen LogP contribution in [0.5, 0.6) is 0 Å². The van der Waals surface area contributed by atoms with Crippen LogP contribution in [0.25, 0.3) is 0 Å². The van der Waals surface area contributed by atoms with Crippen LogP contribution in [-0.2, 0) is 16.0 Å². The van der Waals surface area contributed by atoms with Crippen molar-refractivity contribution in [3.05, 3.63) is 57.3 Å². The maximum atomic E-state index is 13.0. The summed E-state index contributed by atoms with van der Waals surface area (Å²) in [4.78, 5) is 32.4. The molecule has 2 aliphatic heterocycles. The fourth-order valence-electron chi connectivity index (χ4n) is 4.92. The van der Waals surface area contributed by atoms with E-state index in [2.05, 4.69) is 47.5 Å². The number of carbonyl (C=O) groups is 2. The van der Waals surface area contributed by atoms with Gasteiger partial charge in [-0.05, 0) is 48.4 Å². The molecule has 5 nitrogen and oxygen atoms in total. The van der Waals surface area contributed by atoms with Gasteiger partial charge in [-0.25, -0.2) is 0 Å². The van der Waals surface area contributed by atoms with E-state index in [4.69, 9.17) is 0 Å². The van der Waals surface area contributed by atoms with E-state index in [0.29, 0.717) is 26.1 Å². The zero-order valence-electron chi connectivity index (χ0n) is 18.1. The number of amides is 2.